The van der Waals surface area contributed by atoms with Crippen LogP contribution in [0.1, 0.15) is 17.8 Å². The van der Waals surface area contributed by atoms with E-state index >= 15 is 0 Å². The molecule has 0 bridgehead atoms. The lowest BCUT2D eigenvalue weighted by Gasteiger charge is -2.26. The molecule has 2 aromatic rings. The predicted molar refractivity (Wildman–Crippen MR) is 81.8 cm³/mol. The molecule has 116 valence electrons. The molecule has 0 spiro atoms. The van der Waals surface area contributed by atoms with Crippen molar-refractivity contribution in [3.05, 3.63) is 59.9 Å². The van der Waals surface area contributed by atoms with E-state index in [1.165, 1.54) is 32.8 Å². The normalized spacial score (nSPS) is 16.5. The third-order valence-corrected chi connectivity index (χ3v) is 5.61. The molecule has 1 aromatic heterocycles. The van der Waals surface area contributed by atoms with Gasteiger partial charge in [0.2, 0.25) is 0 Å². The minimum atomic E-state index is -3.58. The summed E-state index contributed by atoms with van der Waals surface area (Å²) in [7, 11) is -3.58. The third kappa shape index (κ3) is 2.69. The van der Waals surface area contributed by atoms with E-state index in [2.05, 4.69) is 4.98 Å². The number of benzene rings is 1. The molecule has 7 heteroatoms. The number of imidazole rings is 1. The van der Waals surface area contributed by atoms with Crippen LogP contribution in [0, 0.1) is 12.7 Å². The summed E-state index contributed by atoms with van der Waals surface area (Å²) in [4.78, 5) is 3.95. The minimum absolute atomic E-state index is 0.278. The second-order valence-electron chi connectivity index (χ2n) is 5.12. The van der Waals surface area contributed by atoms with Crippen molar-refractivity contribution >= 4 is 15.8 Å². The molecule has 2 heterocycles. The van der Waals surface area contributed by atoms with Crippen molar-refractivity contribution in [1.82, 2.24) is 13.3 Å². The van der Waals surface area contributed by atoms with Crippen molar-refractivity contribution in [2.24, 2.45) is 0 Å². The van der Waals surface area contributed by atoms with Crippen molar-refractivity contribution in [1.29, 1.82) is 0 Å². The standard InChI is InChI=1S/C15H16FN3O2S/c1-12-17-8-11-19(12)22(20,21)18-9-6-14(7-10-18)13-2-4-15(16)5-3-13/h2-6,8,11H,7,9-10H2,1H3. The lowest BCUT2D eigenvalue weighted by molar-refractivity contribution is 0.433. The van der Waals surface area contributed by atoms with Crippen molar-refractivity contribution in [2.75, 3.05) is 13.1 Å². The van der Waals surface area contributed by atoms with Gasteiger partial charge >= 0.3 is 10.2 Å². The van der Waals surface area contributed by atoms with Crippen LogP contribution in [0.4, 0.5) is 4.39 Å². The first kappa shape index (κ1) is 14.9. The lowest BCUT2D eigenvalue weighted by Crippen LogP contribution is -2.38. The fraction of sp³-hybridized carbons (Fsp3) is 0.267. The van der Waals surface area contributed by atoms with Gasteiger partial charge in [-0.05, 0) is 36.6 Å². The maximum atomic E-state index is 13.0. The largest absolute Gasteiger partial charge is 0.309 e. The van der Waals surface area contributed by atoms with Crippen LogP contribution in [0.15, 0.2) is 42.7 Å². The number of halogens is 1. The molecule has 1 aromatic carbocycles. The highest BCUT2D eigenvalue weighted by atomic mass is 32.2. The quantitative estimate of drug-likeness (QED) is 0.871. The summed E-state index contributed by atoms with van der Waals surface area (Å²) in [6.07, 6.45) is 5.39. The molecular formula is C15H16FN3O2S. The van der Waals surface area contributed by atoms with Crippen LogP contribution in [0.2, 0.25) is 0 Å². The van der Waals surface area contributed by atoms with Crippen molar-refractivity contribution < 1.29 is 12.8 Å². The fourth-order valence-electron chi connectivity index (χ4n) is 2.52. The number of hydrogen-bond acceptors (Lipinski definition) is 3. The number of hydrogen-bond donors (Lipinski definition) is 0. The Kier molecular flexibility index (Phi) is 3.84. The number of nitrogens with zero attached hydrogens (tertiary/aromatic N) is 3. The van der Waals surface area contributed by atoms with Crippen molar-refractivity contribution in [3.63, 3.8) is 0 Å². The van der Waals surface area contributed by atoms with Crippen LogP contribution in [0.25, 0.3) is 5.57 Å². The molecule has 22 heavy (non-hydrogen) atoms. The molecule has 1 aliphatic rings. The molecule has 5 nitrogen and oxygen atoms in total. The zero-order valence-corrected chi connectivity index (χ0v) is 12.9. The van der Waals surface area contributed by atoms with E-state index in [4.69, 9.17) is 0 Å². The van der Waals surface area contributed by atoms with E-state index in [0.29, 0.717) is 25.3 Å². The molecule has 0 atom stereocenters. The maximum Gasteiger partial charge on any atom is 0.309 e. The molecule has 0 saturated heterocycles. The van der Waals surface area contributed by atoms with Crippen molar-refractivity contribution in [3.8, 4) is 0 Å². The Balaban J connectivity index is 1.81. The van der Waals surface area contributed by atoms with E-state index in [0.717, 1.165) is 11.1 Å². The third-order valence-electron chi connectivity index (χ3n) is 3.74. The van der Waals surface area contributed by atoms with Crippen LogP contribution in [-0.2, 0) is 10.2 Å². The summed E-state index contributed by atoms with van der Waals surface area (Å²) < 4.78 is 40.6. The molecule has 0 fully saturated rings. The smallest absolute Gasteiger partial charge is 0.241 e. The first-order valence-corrected chi connectivity index (χ1v) is 8.34. The van der Waals surface area contributed by atoms with Gasteiger partial charge in [-0.25, -0.2) is 13.3 Å². The van der Waals surface area contributed by atoms with Gasteiger partial charge < -0.3 is 0 Å². The number of aromatic nitrogens is 2. The summed E-state index contributed by atoms with van der Waals surface area (Å²) in [6, 6.07) is 6.25. The monoisotopic (exact) mass is 321 g/mol. The van der Waals surface area contributed by atoms with Gasteiger partial charge in [0, 0.05) is 25.5 Å². The highest BCUT2D eigenvalue weighted by Crippen LogP contribution is 2.24. The number of aryl methyl sites for hydroxylation is 1. The van der Waals surface area contributed by atoms with Crippen LogP contribution < -0.4 is 0 Å². The zero-order chi connectivity index (χ0) is 15.7. The van der Waals surface area contributed by atoms with Gasteiger partial charge in [-0.1, -0.05) is 18.2 Å². The van der Waals surface area contributed by atoms with Crippen LogP contribution in [-0.4, -0.2) is 34.8 Å². The molecule has 0 aliphatic carbocycles. The Morgan fingerprint density at radius 1 is 1.23 bits per heavy atom. The Morgan fingerprint density at radius 3 is 2.50 bits per heavy atom. The molecule has 0 N–H and O–H groups in total. The molecule has 0 unspecified atom stereocenters. The molecule has 0 saturated carbocycles. The summed E-state index contributed by atoms with van der Waals surface area (Å²) >= 11 is 0. The predicted octanol–water partition coefficient (Wildman–Crippen LogP) is 2.21. The summed E-state index contributed by atoms with van der Waals surface area (Å²) in [5, 5.41) is 0. The highest BCUT2D eigenvalue weighted by molar-refractivity contribution is 7.87. The SMILES string of the molecule is Cc1nccn1S(=O)(=O)N1CC=C(c2ccc(F)cc2)CC1. The van der Waals surface area contributed by atoms with Crippen LogP contribution in [0.5, 0.6) is 0 Å². The van der Waals surface area contributed by atoms with Gasteiger partial charge in [-0.2, -0.15) is 12.7 Å². The molecular weight excluding hydrogens is 305 g/mol. The Morgan fingerprint density at radius 2 is 1.95 bits per heavy atom. The Labute approximate surface area is 128 Å². The average Bonchev–Trinajstić information content (AvgIpc) is 2.95. The molecule has 0 radical (unpaired) electrons. The first-order chi connectivity index (χ1) is 10.5. The van der Waals surface area contributed by atoms with E-state index in [9.17, 15) is 12.8 Å². The van der Waals surface area contributed by atoms with Gasteiger partial charge in [0.25, 0.3) is 0 Å². The average molecular weight is 321 g/mol. The molecule has 0 amide bonds. The van der Waals surface area contributed by atoms with Crippen molar-refractivity contribution in [2.45, 2.75) is 13.3 Å². The minimum Gasteiger partial charge on any atom is -0.241 e. The Hall–Kier alpha value is -1.99. The van der Waals surface area contributed by atoms with Crippen LogP contribution in [0.3, 0.4) is 0 Å². The van der Waals surface area contributed by atoms with E-state index in [1.54, 1.807) is 19.1 Å². The van der Waals surface area contributed by atoms with Gasteiger partial charge in [0.15, 0.2) is 0 Å². The molecule has 1 aliphatic heterocycles. The van der Waals surface area contributed by atoms with Gasteiger partial charge in [0.1, 0.15) is 11.6 Å². The highest BCUT2D eigenvalue weighted by Gasteiger charge is 2.26. The summed E-state index contributed by atoms with van der Waals surface area (Å²) in [6.45, 7) is 2.34. The molecule has 3 rings (SSSR count). The maximum absolute atomic E-state index is 13.0. The second-order valence-corrected chi connectivity index (χ2v) is 6.93. The van der Waals surface area contributed by atoms with Gasteiger partial charge in [-0.3, -0.25) is 0 Å². The lowest BCUT2D eigenvalue weighted by atomic mass is 10.0. The summed E-state index contributed by atoms with van der Waals surface area (Å²) in [5.41, 5.74) is 1.96. The van der Waals surface area contributed by atoms with Gasteiger partial charge in [-0.15, -0.1) is 0 Å². The summed E-state index contributed by atoms with van der Waals surface area (Å²) in [5.74, 6) is 0.160. The first-order valence-electron chi connectivity index (χ1n) is 6.94. The zero-order valence-electron chi connectivity index (χ0n) is 12.1. The topological polar surface area (TPSA) is 55.2 Å². The number of rotatable bonds is 3. The Bertz CT molecular complexity index is 810. The van der Waals surface area contributed by atoms with E-state index < -0.39 is 10.2 Å². The second kappa shape index (κ2) is 5.66. The van der Waals surface area contributed by atoms with Crippen LogP contribution >= 0.6 is 0 Å². The van der Waals surface area contributed by atoms with E-state index in [1.807, 2.05) is 6.08 Å². The van der Waals surface area contributed by atoms with Gasteiger partial charge in [0.05, 0.1) is 0 Å². The van der Waals surface area contributed by atoms with E-state index in [-0.39, 0.29) is 5.82 Å². The fourth-order valence-corrected chi connectivity index (χ4v) is 3.94.